The van der Waals surface area contributed by atoms with Gasteiger partial charge >= 0.3 is 5.97 Å². The third-order valence-electron chi connectivity index (χ3n) is 2.05. The van der Waals surface area contributed by atoms with Gasteiger partial charge in [0.1, 0.15) is 5.78 Å². The summed E-state index contributed by atoms with van der Waals surface area (Å²) in [6.45, 7) is 0. The second-order valence-corrected chi connectivity index (χ2v) is 4.07. The number of carbonyl (C=O) groups is 2. The van der Waals surface area contributed by atoms with E-state index in [1.807, 2.05) is 0 Å². The molecule has 1 rings (SSSR count). The van der Waals surface area contributed by atoms with Crippen LogP contribution in [0.4, 0.5) is 0 Å². The molecule has 0 fully saturated rings. The van der Waals surface area contributed by atoms with Crippen LogP contribution in [0.2, 0.25) is 5.02 Å². The number of benzene rings is 1. The van der Waals surface area contributed by atoms with Crippen LogP contribution in [0.25, 0.3) is 0 Å². The maximum atomic E-state index is 11.5. The van der Waals surface area contributed by atoms with Crippen LogP contribution < -0.4 is 0 Å². The molecular weight excluding hydrogens is 295 g/mol. The third kappa shape index (κ3) is 3.06. The molecule has 0 bridgehead atoms. The monoisotopic (exact) mass is 304 g/mol. The van der Waals surface area contributed by atoms with Gasteiger partial charge in [-0.3, -0.25) is 4.79 Å². The summed E-state index contributed by atoms with van der Waals surface area (Å²) in [4.78, 5) is 22.8. The van der Waals surface area contributed by atoms with Gasteiger partial charge in [0.25, 0.3) is 0 Å². The molecule has 0 saturated heterocycles. The van der Waals surface area contributed by atoms with Gasteiger partial charge in [-0.05, 0) is 17.7 Å². The molecule has 5 heteroatoms. The first-order valence-electron chi connectivity index (χ1n) is 4.53. The minimum absolute atomic E-state index is 0.0433. The van der Waals surface area contributed by atoms with Crippen molar-refractivity contribution < 1.29 is 14.3 Å². The Morgan fingerprint density at radius 2 is 2.12 bits per heavy atom. The average Bonchev–Trinajstić information content (AvgIpc) is 2.30. The summed E-state index contributed by atoms with van der Waals surface area (Å²) in [6.07, 6.45) is 0.120. The number of halogens is 2. The van der Waals surface area contributed by atoms with E-state index >= 15 is 0 Å². The lowest BCUT2D eigenvalue weighted by Gasteiger charge is -2.08. The van der Waals surface area contributed by atoms with E-state index in [2.05, 4.69) is 20.7 Å². The highest BCUT2D eigenvalue weighted by molar-refractivity contribution is 9.09. The molecule has 0 heterocycles. The van der Waals surface area contributed by atoms with E-state index < -0.39 is 5.97 Å². The van der Waals surface area contributed by atoms with Crippen LogP contribution in [0.3, 0.4) is 0 Å². The highest BCUT2D eigenvalue weighted by Gasteiger charge is 2.16. The molecule has 0 unspecified atom stereocenters. The first-order chi connectivity index (χ1) is 7.60. The Kier molecular flexibility index (Phi) is 4.96. The minimum atomic E-state index is -0.486. The van der Waals surface area contributed by atoms with E-state index in [0.717, 1.165) is 0 Å². The van der Waals surface area contributed by atoms with Crippen molar-refractivity contribution in [1.82, 2.24) is 0 Å². The molecule has 3 nitrogen and oxygen atoms in total. The number of Topliss-reactive ketones (excluding diaryl/α,β-unsaturated/α-hetero) is 1. The second kappa shape index (κ2) is 6.01. The predicted molar refractivity (Wildman–Crippen MR) is 65.3 cm³/mol. The Bertz CT molecular complexity index is 418. The maximum Gasteiger partial charge on any atom is 0.338 e. The molecule has 0 aliphatic carbocycles. The minimum Gasteiger partial charge on any atom is -0.465 e. The topological polar surface area (TPSA) is 43.4 Å². The predicted octanol–water partition coefficient (Wildman–Crippen LogP) is 2.63. The zero-order chi connectivity index (χ0) is 12.1. The lowest BCUT2D eigenvalue weighted by Crippen LogP contribution is -2.11. The molecule has 1 aromatic carbocycles. The molecule has 0 atom stereocenters. The number of hydrogen-bond donors (Lipinski definition) is 0. The number of esters is 1. The van der Waals surface area contributed by atoms with E-state index in [9.17, 15) is 9.59 Å². The van der Waals surface area contributed by atoms with Gasteiger partial charge in [0, 0.05) is 11.4 Å². The van der Waals surface area contributed by atoms with Gasteiger partial charge in [-0.2, -0.15) is 0 Å². The molecule has 0 aliphatic rings. The number of ketones is 1. The average molecular weight is 306 g/mol. The Morgan fingerprint density at radius 3 is 2.69 bits per heavy atom. The van der Waals surface area contributed by atoms with E-state index in [4.69, 9.17) is 11.6 Å². The Balaban J connectivity index is 3.13. The molecule has 0 radical (unpaired) electrons. The van der Waals surface area contributed by atoms with E-state index in [1.165, 1.54) is 7.11 Å². The molecule has 0 aromatic heterocycles. The third-order valence-corrected chi connectivity index (χ3v) is 3.03. The van der Waals surface area contributed by atoms with Crippen molar-refractivity contribution in [1.29, 1.82) is 0 Å². The summed E-state index contributed by atoms with van der Waals surface area (Å²) in [5, 5.41) is 0.635. The molecule has 0 aliphatic heterocycles. The summed E-state index contributed by atoms with van der Waals surface area (Å²) in [5.41, 5.74) is 0.852. The first kappa shape index (κ1) is 13.2. The molecule has 86 valence electrons. The lowest BCUT2D eigenvalue weighted by atomic mass is 10.0. The standard InChI is InChI=1S/C11H10BrClO3/c1-16-11(15)8-3-2-4-10(13)9(8)5-7(14)6-12/h2-4H,5-6H2,1H3. The van der Waals surface area contributed by atoms with Gasteiger partial charge in [0.05, 0.1) is 18.0 Å². The number of carbonyl (C=O) groups excluding carboxylic acids is 2. The zero-order valence-electron chi connectivity index (χ0n) is 8.63. The van der Waals surface area contributed by atoms with Crippen LogP contribution in [-0.4, -0.2) is 24.2 Å². The molecule has 0 saturated carbocycles. The lowest BCUT2D eigenvalue weighted by molar-refractivity contribution is -0.115. The van der Waals surface area contributed by atoms with Gasteiger partial charge in [-0.1, -0.05) is 33.6 Å². The Morgan fingerprint density at radius 1 is 1.44 bits per heavy atom. The van der Waals surface area contributed by atoms with Crippen molar-refractivity contribution in [3.8, 4) is 0 Å². The van der Waals surface area contributed by atoms with Crippen molar-refractivity contribution in [2.24, 2.45) is 0 Å². The number of ether oxygens (including phenoxy) is 1. The van der Waals surface area contributed by atoms with Crippen LogP contribution in [0.1, 0.15) is 15.9 Å². The van der Waals surface area contributed by atoms with Gasteiger partial charge in [0.2, 0.25) is 0 Å². The van der Waals surface area contributed by atoms with Gasteiger partial charge in [-0.25, -0.2) is 4.79 Å². The van der Waals surface area contributed by atoms with E-state index in [0.29, 0.717) is 16.1 Å². The Labute approximate surface area is 107 Å². The summed E-state index contributed by atoms with van der Waals surface area (Å²) in [5.74, 6) is -0.530. The highest BCUT2D eigenvalue weighted by Crippen LogP contribution is 2.21. The maximum absolute atomic E-state index is 11.5. The molecule has 0 N–H and O–H groups in total. The van der Waals surface area contributed by atoms with Crippen molar-refractivity contribution in [3.05, 3.63) is 34.3 Å². The molecule has 16 heavy (non-hydrogen) atoms. The van der Waals surface area contributed by atoms with Gasteiger partial charge < -0.3 is 4.74 Å². The van der Waals surface area contributed by atoms with Gasteiger partial charge in [-0.15, -0.1) is 0 Å². The number of methoxy groups -OCH3 is 1. The molecular formula is C11H10BrClO3. The summed E-state index contributed by atoms with van der Waals surface area (Å²) >= 11 is 9.02. The molecule has 1 aromatic rings. The van der Waals surface area contributed by atoms with Crippen LogP contribution in [0.5, 0.6) is 0 Å². The van der Waals surface area contributed by atoms with Crippen molar-refractivity contribution >= 4 is 39.3 Å². The van der Waals surface area contributed by atoms with Crippen LogP contribution in [-0.2, 0) is 16.0 Å². The van der Waals surface area contributed by atoms with Crippen LogP contribution >= 0.6 is 27.5 Å². The summed E-state index contributed by atoms with van der Waals surface area (Å²) in [7, 11) is 1.29. The van der Waals surface area contributed by atoms with Crippen molar-refractivity contribution in [2.45, 2.75) is 6.42 Å². The normalized spacial score (nSPS) is 9.94. The first-order valence-corrected chi connectivity index (χ1v) is 6.03. The van der Waals surface area contributed by atoms with Crippen molar-refractivity contribution in [2.75, 3.05) is 12.4 Å². The number of hydrogen-bond acceptors (Lipinski definition) is 3. The molecule has 0 amide bonds. The summed E-state index contributed by atoms with van der Waals surface area (Å²) in [6, 6.07) is 4.89. The fourth-order valence-corrected chi connectivity index (χ4v) is 1.72. The SMILES string of the molecule is COC(=O)c1cccc(Cl)c1CC(=O)CBr. The van der Waals surface area contributed by atoms with E-state index in [1.54, 1.807) is 18.2 Å². The fraction of sp³-hybridized carbons (Fsp3) is 0.273. The Hall–Kier alpha value is -0.870. The fourth-order valence-electron chi connectivity index (χ4n) is 1.28. The quantitative estimate of drug-likeness (QED) is 0.634. The zero-order valence-corrected chi connectivity index (χ0v) is 11.0. The van der Waals surface area contributed by atoms with E-state index in [-0.39, 0.29) is 17.5 Å². The van der Waals surface area contributed by atoms with Crippen LogP contribution in [0.15, 0.2) is 18.2 Å². The number of alkyl halides is 1. The molecule has 0 spiro atoms. The summed E-state index contributed by atoms with van der Waals surface area (Å²) < 4.78 is 4.63. The smallest absolute Gasteiger partial charge is 0.338 e. The van der Waals surface area contributed by atoms with Gasteiger partial charge in [0.15, 0.2) is 0 Å². The largest absolute Gasteiger partial charge is 0.465 e. The highest BCUT2D eigenvalue weighted by atomic mass is 79.9. The number of rotatable bonds is 4. The second-order valence-electron chi connectivity index (χ2n) is 3.11. The van der Waals surface area contributed by atoms with Crippen LogP contribution in [0, 0.1) is 0 Å². The van der Waals surface area contributed by atoms with Crippen molar-refractivity contribution in [3.63, 3.8) is 0 Å².